The molecule has 3 rings (SSSR count). The Morgan fingerprint density at radius 3 is 2.00 bits per heavy atom. The first-order valence-corrected chi connectivity index (χ1v) is 9.20. The average molecular weight is 339 g/mol. The van der Waals surface area contributed by atoms with Gasteiger partial charge in [-0.25, -0.2) is 0 Å². The van der Waals surface area contributed by atoms with E-state index in [0.717, 1.165) is 30.4 Å². The van der Waals surface area contributed by atoms with E-state index < -0.39 is 4.75 Å². The highest BCUT2D eigenvalue weighted by atomic mass is 32.2. The number of unbranched alkanes of at least 4 members (excludes halogenated alkanes) is 1. The minimum Gasteiger partial charge on any atom is -0.294 e. The fourth-order valence-electron chi connectivity index (χ4n) is 3.09. The maximum absolute atomic E-state index is 13.0. The summed E-state index contributed by atoms with van der Waals surface area (Å²) in [5.41, 5.74) is 1.82. The van der Waals surface area contributed by atoms with Gasteiger partial charge in [-0.15, -0.1) is 11.8 Å². The predicted molar refractivity (Wildman–Crippen MR) is 97.7 cm³/mol. The molecule has 0 aromatic heterocycles. The van der Waals surface area contributed by atoms with Gasteiger partial charge in [0.25, 0.3) is 5.91 Å². The smallest absolute Gasteiger partial charge is 0.251 e. The second kappa shape index (κ2) is 7.22. The lowest BCUT2D eigenvalue weighted by molar-refractivity contribution is -0.132. The Labute approximate surface area is 146 Å². The van der Waals surface area contributed by atoms with E-state index in [2.05, 4.69) is 12.2 Å². The number of imide groups is 1. The summed E-state index contributed by atoms with van der Waals surface area (Å²) in [5, 5.41) is 2.41. The van der Waals surface area contributed by atoms with E-state index >= 15 is 0 Å². The molecule has 24 heavy (non-hydrogen) atoms. The predicted octanol–water partition coefficient (Wildman–Crippen LogP) is 3.88. The Morgan fingerprint density at radius 2 is 1.50 bits per heavy atom. The van der Waals surface area contributed by atoms with Crippen LogP contribution in [0.5, 0.6) is 0 Å². The molecular formula is C20H21NO2S. The quantitative estimate of drug-likeness (QED) is 0.841. The van der Waals surface area contributed by atoms with Crippen LogP contribution in [0.15, 0.2) is 60.7 Å². The van der Waals surface area contributed by atoms with Crippen molar-refractivity contribution in [1.82, 2.24) is 5.32 Å². The molecule has 1 aliphatic heterocycles. The highest BCUT2D eigenvalue weighted by Crippen LogP contribution is 2.48. The zero-order valence-corrected chi connectivity index (χ0v) is 14.5. The van der Waals surface area contributed by atoms with Crippen molar-refractivity contribution in [3.63, 3.8) is 0 Å². The molecule has 1 atom stereocenters. The van der Waals surface area contributed by atoms with Gasteiger partial charge in [0, 0.05) is 0 Å². The average Bonchev–Trinajstić information content (AvgIpc) is 2.63. The van der Waals surface area contributed by atoms with Crippen molar-refractivity contribution in [2.75, 3.05) is 0 Å². The number of hydrogen-bond donors (Lipinski definition) is 1. The molecule has 124 valence electrons. The molecule has 3 nitrogen and oxygen atoms in total. The molecule has 0 saturated carbocycles. The standard InChI is InChI=1S/C20H21NO2S/c1-2-3-14-17-18(22)21-19(23)20(24-17,15-10-6-4-7-11-15)16-12-8-5-9-13-16/h4-13,17H,2-3,14H2,1H3,(H,21,22,23)/t17-/m0/s1. The molecule has 0 spiro atoms. The molecule has 0 bridgehead atoms. The Kier molecular flexibility index (Phi) is 5.05. The summed E-state index contributed by atoms with van der Waals surface area (Å²) < 4.78 is -0.880. The molecule has 2 aromatic rings. The van der Waals surface area contributed by atoms with Crippen molar-refractivity contribution in [2.24, 2.45) is 0 Å². The second-order valence-corrected chi connectivity index (χ2v) is 7.40. The third kappa shape index (κ3) is 2.98. The molecule has 2 aromatic carbocycles. The molecule has 0 unspecified atom stereocenters. The highest BCUT2D eigenvalue weighted by molar-refractivity contribution is 8.02. The molecule has 0 radical (unpaired) electrons. The number of carbonyl (C=O) groups is 2. The van der Waals surface area contributed by atoms with E-state index in [0.29, 0.717) is 0 Å². The van der Waals surface area contributed by atoms with Gasteiger partial charge in [-0.05, 0) is 17.5 Å². The zero-order chi connectivity index (χ0) is 17.0. The Hall–Kier alpha value is -2.07. The van der Waals surface area contributed by atoms with Gasteiger partial charge in [-0.2, -0.15) is 0 Å². The van der Waals surface area contributed by atoms with Gasteiger partial charge in [0.2, 0.25) is 5.91 Å². The van der Waals surface area contributed by atoms with Gasteiger partial charge >= 0.3 is 0 Å². The molecule has 0 aliphatic carbocycles. The third-order valence-electron chi connectivity index (χ3n) is 4.35. The van der Waals surface area contributed by atoms with Crippen LogP contribution in [0.25, 0.3) is 0 Å². The lowest BCUT2D eigenvalue weighted by Crippen LogP contribution is -2.54. The molecular weight excluding hydrogens is 318 g/mol. The maximum Gasteiger partial charge on any atom is 0.251 e. The molecule has 1 heterocycles. The normalized spacial score (nSPS) is 19.8. The number of thioether (sulfide) groups is 1. The van der Waals surface area contributed by atoms with Gasteiger partial charge in [0.1, 0.15) is 4.75 Å². The van der Waals surface area contributed by atoms with Gasteiger partial charge in [0.15, 0.2) is 0 Å². The van der Waals surface area contributed by atoms with Crippen LogP contribution in [-0.2, 0) is 14.3 Å². The molecule has 1 saturated heterocycles. The summed E-state index contributed by atoms with van der Waals surface area (Å²) in [5.74, 6) is -0.413. The third-order valence-corrected chi connectivity index (χ3v) is 6.09. The maximum atomic E-state index is 13.0. The zero-order valence-electron chi connectivity index (χ0n) is 13.7. The van der Waals surface area contributed by atoms with Crippen molar-refractivity contribution < 1.29 is 9.59 Å². The fourth-order valence-corrected chi connectivity index (χ4v) is 4.67. The van der Waals surface area contributed by atoms with Crippen LogP contribution in [-0.4, -0.2) is 17.1 Å². The van der Waals surface area contributed by atoms with E-state index in [9.17, 15) is 9.59 Å². The van der Waals surface area contributed by atoms with Crippen LogP contribution < -0.4 is 5.32 Å². The van der Waals surface area contributed by atoms with Crippen LogP contribution in [0.1, 0.15) is 37.3 Å². The van der Waals surface area contributed by atoms with Crippen LogP contribution in [0, 0.1) is 0 Å². The van der Waals surface area contributed by atoms with Gasteiger partial charge in [-0.3, -0.25) is 14.9 Å². The first-order chi connectivity index (χ1) is 11.7. The highest BCUT2D eigenvalue weighted by Gasteiger charge is 2.50. The SMILES string of the molecule is CCCC[C@@H]1SC(c2ccccc2)(c2ccccc2)C(=O)NC1=O. The van der Waals surface area contributed by atoms with E-state index in [-0.39, 0.29) is 17.1 Å². The molecule has 1 aliphatic rings. The minimum atomic E-state index is -0.880. The summed E-state index contributed by atoms with van der Waals surface area (Å²) >= 11 is 1.48. The first-order valence-electron chi connectivity index (χ1n) is 8.32. The first kappa shape index (κ1) is 16.8. The summed E-state index contributed by atoms with van der Waals surface area (Å²) in [4.78, 5) is 25.3. The molecule has 1 N–H and O–H groups in total. The Bertz CT molecular complexity index is 675. The van der Waals surface area contributed by atoms with Crippen molar-refractivity contribution in [3.05, 3.63) is 71.8 Å². The van der Waals surface area contributed by atoms with Gasteiger partial charge in [0.05, 0.1) is 5.25 Å². The van der Waals surface area contributed by atoms with Crippen LogP contribution in [0.2, 0.25) is 0 Å². The van der Waals surface area contributed by atoms with Crippen molar-refractivity contribution >= 4 is 23.6 Å². The Balaban J connectivity index is 2.10. The van der Waals surface area contributed by atoms with E-state index in [1.54, 1.807) is 0 Å². The number of hydrogen-bond acceptors (Lipinski definition) is 3. The summed E-state index contributed by atoms with van der Waals surface area (Å²) in [6.45, 7) is 2.11. The molecule has 4 heteroatoms. The lowest BCUT2D eigenvalue weighted by Gasteiger charge is -2.39. The van der Waals surface area contributed by atoms with E-state index in [1.165, 1.54) is 11.8 Å². The largest absolute Gasteiger partial charge is 0.294 e. The van der Waals surface area contributed by atoms with Crippen LogP contribution in [0.4, 0.5) is 0 Å². The fraction of sp³-hybridized carbons (Fsp3) is 0.300. The summed E-state index contributed by atoms with van der Waals surface area (Å²) in [7, 11) is 0. The van der Waals surface area contributed by atoms with Crippen molar-refractivity contribution in [1.29, 1.82) is 0 Å². The number of rotatable bonds is 5. The van der Waals surface area contributed by atoms with E-state index in [1.807, 2.05) is 60.7 Å². The van der Waals surface area contributed by atoms with E-state index in [4.69, 9.17) is 0 Å². The van der Waals surface area contributed by atoms with Gasteiger partial charge in [-0.1, -0.05) is 80.4 Å². The monoisotopic (exact) mass is 339 g/mol. The molecule has 1 fully saturated rings. The number of amides is 2. The molecule has 2 amide bonds. The van der Waals surface area contributed by atoms with Crippen LogP contribution in [0.3, 0.4) is 0 Å². The van der Waals surface area contributed by atoms with Crippen LogP contribution >= 0.6 is 11.8 Å². The Morgan fingerprint density at radius 1 is 0.958 bits per heavy atom. The number of benzene rings is 2. The van der Waals surface area contributed by atoms with Crippen molar-refractivity contribution in [3.8, 4) is 0 Å². The number of carbonyl (C=O) groups excluding carboxylic acids is 2. The topological polar surface area (TPSA) is 46.2 Å². The second-order valence-electron chi connectivity index (χ2n) is 5.98. The minimum absolute atomic E-state index is 0.166. The van der Waals surface area contributed by atoms with Crippen molar-refractivity contribution in [2.45, 2.75) is 36.2 Å². The lowest BCUT2D eigenvalue weighted by atomic mass is 9.89. The number of nitrogens with one attached hydrogen (secondary N) is 1. The van der Waals surface area contributed by atoms with Gasteiger partial charge < -0.3 is 0 Å². The summed E-state index contributed by atoms with van der Waals surface area (Å²) in [6, 6.07) is 19.5. The summed E-state index contributed by atoms with van der Waals surface area (Å²) in [6.07, 6.45) is 2.78.